The van der Waals surface area contributed by atoms with Gasteiger partial charge in [0.05, 0.1) is 5.25 Å². The first-order valence-electron chi connectivity index (χ1n) is 9.46. The van der Waals surface area contributed by atoms with Crippen LogP contribution in [0.2, 0.25) is 0 Å². The van der Waals surface area contributed by atoms with E-state index in [1.54, 1.807) is 0 Å². The number of H-pyrrole nitrogens is 1. The maximum Gasteiger partial charge on any atom is 0.217 e. The van der Waals surface area contributed by atoms with Crippen molar-refractivity contribution in [3.05, 3.63) is 41.3 Å². The normalized spacial score (nSPS) is 15.1. The van der Waals surface area contributed by atoms with E-state index in [0.29, 0.717) is 12.5 Å². The van der Waals surface area contributed by atoms with E-state index in [-0.39, 0.29) is 23.4 Å². The van der Waals surface area contributed by atoms with E-state index in [1.165, 1.54) is 11.8 Å². The van der Waals surface area contributed by atoms with Crippen LogP contribution in [0.5, 0.6) is 0 Å². The number of aromatic nitrogens is 4. The molecule has 0 aliphatic heterocycles. The number of aryl methyl sites for hydroxylation is 2. The first-order chi connectivity index (χ1) is 13.5. The number of fused-ring (bicyclic) bond motifs is 1. The van der Waals surface area contributed by atoms with Crippen molar-refractivity contribution in [2.75, 3.05) is 0 Å². The third kappa shape index (κ3) is 3.56. The number of carbonyl (C=O) groups is 2. The van der Waals surface area contributed by atoms with Crippen LogP contribution in [0.25, 0.3) is 10.9 Å². The molecule has 0 saturated heterocycles. The Kier molecular flexibility index (Phi) is 4.97. The van der Waals surface area contributed by atoms with Crippen molar-refractivity contribution in [1.29, 1.82) is 0 Å². The molecule has 1 fully saturated rings. The van der Waals surface area contributed by atoms with Crippen molar-refractivity contribution in [2.45, 2.75) is 56.0 Å². The summed E-state index contributed by atoms with van der Waals surface area (Å²) in [5.74, 6) is 0.494. The molecule has 1 amide bonds. The van der Waals surface area contributed by atoms with Gasteiger partial charge in [0.25, 0.3) is 0 Å². The molecule has 2 heterocycles. The molecule has 2 aromatic heterocycles. The number of thioether (sulfide) groups is 1. The van der Waals surface area contributed by atoms with E-state index >= 15 is 0 Å². The molecule has 7 nitrogen and oxygen atoms in total. The van der Waals surface area contributed by atoms with Crippen LogP contribution in [0.15, 0.2) is 29.4 Å². The Morgan fingerprint density at radius 2 is 2.07 bits per heavy atom. The first kappa shape index (κ1) is 18.7. The fourth-order valence-corrected chi connectivity index (χ4v) is 4.50. The van der Waals surface area contributed by atoms with Crippen molar-refractivity contribution in [2.24, 2.45) is 5.73 Å². The van der Waals surface area contributed by atoms with Gasteiger partial charge in [-0.1, -0.05) is 30.0 Å². The number of nitrogens with two attached hydrogens (primary N) is 1. The average Bonchev–Trinajstić information content (AvgIpc) is 3.33. The minimum absolute atomic E-state index is 0.0731. The predicted octanol–water partition coefficient (Wildman–Crippen LogP) is 3.18. The molecule has 4 rings (SSSR count). The van der Waals surface area contributed by atoms with Gasteiger partial charge in [0, 0.05) is 41.0 Å². The molecular formula is C20H23N5O2S. The number of carbonyl (C=O) groups excluding carboxylic acids is 2. The van der Waals surface area contributed by atoms with Gasteiger partial charge in [-0.3, -0.25) is 9.59 Å². The highest BCUT2D eigenvalue weighted by atomic mass is 32.2. The van der Waals surface area contributed by atoms with E-state index < -0.39 is 0 Å². The third-order valence-electron chi connectivity index (χ3n) is 5.03. The van der Waals surface area contributed by atoms with Crippen molar-refractivity contribution in [1.82, 2.24) is 19.7 Å². The molecule has 1 aliphatic carbocycles. The highest BCUT2D eigenvalue weighted by Gasteiger charge is 2.31. The number of amides is 1. The second kappa shape index (κ2) is 7.43. The Balaban J connectivity index is 1.58. The predicted molar refractivity (Wildman–Crippen MR) is 108 cm³/mol. The second-order valence-corrected chi connectivity index (χ2v) is 8.57. The van der Waals surface area contributed by atoms with E-state index in [4.69, 9.17) is 5.73 Å². The highest BCUT2D eigenvalue weighted by Crippen LogP contribution is 2.40. The van der Waals surface area contributed by atoms with Crippen LogP contribution in [0.4, 0.5) is 0 Å². The SMILES string of the molecule is Cc1[nH]c2ccccc2c1C(=O)[C@@H](C)Sc1nnc(CCC(N)=O)n1C1CC1. The molecule has 0 unspecified atom stereocenters. The molecule has 8 heteroatoms. The Morgan fingerprint density at radius 1 is 1.32 bits per heavy atom. The minimum Gasteiger partial charge on any atom is -0.370 e. The van der Waals surface area contributed by atoms with Crippen LogP contribution in [-0.4, -0.2) is 36.7 Å². The number of aromatic amines is 1. The van der Waals surface area contributed by atoms with Crippen molar-refractivity contribution >= 4 is 34.4 Å². The zero-order chi connectivity index (χ0) is 19.8. The van der Waals surface area contributed by atoms with Gasteiger partial charge in [-0.05, 0) is 32.8 Å². The third-order valence-corrected chi connectivity index (χ3v) is 6.09. The van der Waals surface area contributed by atoms with Gasteiger partial charge < -0.3 is 15.3 Å². The molecule has 3 N–H and O–H groups in total. The van der Waals surface area contributed by atoms with Gasteiger partial charge in [-0.15, -0.1) is 10.2 Å². The van der Waals surface area contributed by atoms with Gasteiger partial charge in [0.2, 0.25) is 5.91 Å². The topological polar surface area (TPSA) is 107 Å². The fraction of sp³-hybridized carbons (Fsp3) is 0.400. The number of hydrogen-bond acceptors (Lipinski definition) is 5. The molecule has 0 spiro atoms. The molecule has 3 aromatic rings. The van der Waals surface area contributed by atoms with Crippen molar-refractivity contribution < 1.29 is 9.59 Å². The van der Waals surface area contributed by atoms with Crippen molar-refractivity contribution in [3.8, 4) is 0 Å². The lowest BCUT2D eigenvalue weighted by Crippen LogP contribution is -2.16. The van der Waals surface area contributed by atoms with Crippen LogP contribution < -0.4 is 5.73 Å². The molecule has 146 valence electrons. The zero-order valence-corrected chi connectivity index (χ0v) is 16.8. The monoisotopic (exact) mass is 397 g/mol. The van der Waals surface area contributed by atoms with Gasteiger partial charge in [-0.2, -0.15) is 0 Å². The first-order valence-corrected chi connectivity index (χ1v) is 10.3. The second-order valence-electron chi connectivity index (χ2n) is 7.26. The number of nitrogens with zero attached hydrogens (tertiary/aromatic N) is 3. The fourth-order valence-electron chi connectivity index (χ4n) is 3.50. The van der Waals surface area contributed by atoms with Crippen LogP contribution in [0.1, 0.15) is 54.1 Å². The Labute approximate surface area is 167 Å². The lowest BCUT2D eigenvalue weighted by molar-refractivity contribution is -0.118. The number of benzene rings is 1. The Bertz CT molecular complexity index is 1050. The number of para-hydroxylation sites is 1. The number of ketones is 1. The summed E-state index contributed by atoms with van der Waals surface area (Å²) in [6.45, 7) is 3.84. The Hall–Kier alpha value is -2.61. The van der Waals surface area contributed by atoms with E-state index in [2.05, 4.69) is 19.7 Å². The standard InChI is InChI=1S/C20H23N5O2S/c1-11-18(14-5-3-4-6-15(14)22-11)19(27)12(2)28-20-24-23-17(10-9-16(21)26)25(20)13-7-8-13/h3-6,12-13,22H,7-10H2,1-2H3,(H2,21,26)/t12-/m1/s1. The zero-order valence-electron chi connectivity index (χ0n) is 15.9. The summed E-state index contributed by atoms with van der Waals surface area (Å²) in [6.07, 6.45) is 2.86. The van der Waals surface area contributed by atoms with Crippen LogP contribution in [0.3, 0.4) is 0 Å². The molecule has 28 heavy (non-hydrogen) atoms. The summed E-state index contributed by atoms with van der Waals surface area (Å²) in [7, 11) is 0. The molecule has 1 aliphatic rings. The highest BCUT2D eigenvalue weighted by molar-refractivity contribution is 8.00. The average molecular weight is 398 g/mol. The number of rotatable bonds is 8. The molecular weight excluding hydrogens is 374 g/mol. The van der Waals surface area contributed by atoms with Gasteiger partial charge >= 0.3 is 0 Å². The van der Waals surface area contributed by atoms with E-state index in [0.717, 1.165) is 46.0 Å². The van der Waals surface area contributed by atoms with Gasteiger partial charge in [0.1, 0.15) is 5.82 Å². The molecule has 1 aromatic carbocycles. The summed E-state index contributed by atoms with van der Waals surface area (Å²) in [5, 5.41) is 9.95. The summed E-state index contributed by atoms with van der Waals surface area (Å²) in [6, 6.07) is 8.21. The van der Waals surface area contributed by atoms with E-state index in [9.17, 15) is 9.59 Å². The number of nitrogens with one attached hydrogen (secondary N) is 1. The number of hydrogen-bond donors (Lipinski definition) is 2. The number of primary amides is 1. The molecule has 0 bridgehead atoms. The minimum atomic E-state index is -0.349. The van der Waals surface area contributed by atoms with E-state index in [1.807, 2.05) is 38.1 Å². The molecule has 0 radical (unpaired) electrons. The van der Waals surface area contributed by atoms with Gasteiger partial charge in [-0.25, -0.2) is 0 Å². The lowest BCUT2D eigenvalue weighted by Gasteiger charge is -2.12. The quantitative estimate of drug-likeness (QED) is 0.448. The molecule has 1 atom stereocenters. The van der Waals surface area contributed by atoms with Crippen LogP contribution in [-0.2, 0) is 11.2 Å². The van der Waals surface area contributed by atoms with Gasteiger partial charge in [0.15, 0.2) is 10.9 Å². The lowest BCUT2D eigenvalue weighted by atomic mass is 10.1. The maximum absolute atomic E-state index is 13.2. The smallest absolute Gasteiger partial charge is 0.217 e. The number of Topliss-reactive ketones (excluding diaryl/α,β-unsaturated/α-hetero) is 1. The Morgan fingerprint density at radius 3 is 2.79 bits per heavy atom. The largest absolute Gasteiger partial charge is 0.370 e. The summed E-state index contributed by atoms with van der Waals surface area (Å²) in [5.41, 5.74) is 7.86. The van der Waals surface area contributed by atoms with Crippen LogP contribution in [0, 0.1) is 6.92 Å². The molecule has 1 saturated carbocycles. The maximum atomic E-state index is 13.2. The van der Waals surface area contributed by atoms with Crippen molar-refractivity contribution in [3.63, 3.8) is 0 Å². The summed E-state index contributed by atoms with van der Waals surface area (Å²) >= 11 is 1.43. The summed E-state index contributed by atoms with van der Waals surface area (Å²) in [4.78, 5) is 27.6. The van der Waals surface area contributed by atoms with Crippen LogP contribution >= 0.6 is 11.8 Å². The summed E-state index contributed by atoms with van der Waals surface area (Å²) < 4.78 is 2.08.